The fourth-order valence-corrected chi connectivity index (χ4v) is 4.83. The highest BCUT2D eigenvalue weighted by Gasteiger charge is 2.21. The zero-order valence-electron chi connectivity index (χ0n) is 15.6. The molecule has 0 atom stereocenters. The maximum Gasteiger partial charge on any atom is 0.263 e. The first-order chi connectivity index (χ1) is 14.7. The zero-order valence-corrected chi connectivity index (χ0v) is 17.9. The largest absolute Gasteiger partial charge is 0.391 e. The van der Waals surface area contributed by atoms with Crippen LogP contribution in [0.4, 0.5) is 15.9 Å². The van der Waals surface area contributed by atoms with E-state index in [1.165, 1.54) is 47.2 Å². The Morgan fingerprint density at radius 2 is 1.94 bits per heavy atom. The number of nitrogen functional groups attached to an aromatic ring is 1. The van der Waals surface area contributed by atoms with Crippen LogP contribution >= 0.6 is 23.2 Å². The number of hydrogen-bond acceptors (Lipinski definition) is 6. The number of benzene rings is 2. The van der Waals surface area contributed by atoms with Crippen LogP contribution in [0.3, 0.4) is 0 Å². The van der Waals surface area contributed by atoms with E-state index in [1.807, 2.05) is 0 Å². The number of aromatic nitrogens is 3. The quantitative estimate of drug-likeness (QED) is 0.399. The number of anilines is 2. The summed E-state index contributed by atoms with van der Waals surface area (Å²) in [6, 6.07) is 7.93. The molecule has 0 unspecified atom stereocenters. The Morgan fingerprint density at radius 1 is 1.16 bits per heavy atom. The second-order valence-corrected chi connectivity index (χ2v) is 8.91. The molecule has 2 aromatic heterocycles. The normalized spacial score (nSPS) is 11.7. The number of sulfonamides is 1. The predicted octanol–water partition coefficient (Wildman–Crippen LogP) is 3.72. The van der Waals surface area contributed by atoms with E-state index < -0.39 is 15.8 Å². The molecule has 0 saturated carbocycles. The molecule has 4 N–H and O–H groups in total. The standard InChI is InChI=1S/C19H14Cl2FN5O3S/c20-14-2-1-3-16(17(14)21)31(29,30)26-11-4-5-12(15(22)6-11)13-8-24-19-10(9-28)7-25-27(19)18(13)23/h1-8,26,28H,9,23H2. The topological polar surface area (TPSA) is 123 Å². The van der Waals surface area contributed by atoms with E-state index in [1.54, 1.807) is 0 Å². The SMILES string of the molecule is Nc1c(-c2ccc(NS(=O)(=O)c3cccc(Cl)c3Cl)cc2F)cnc2c(CO)cnn12. The number of aliphatic hydroxyl groups is 1. The molecule has 2 aromatic carbocycles. The number of hydrogen-bond donors (Lipinski definition) is 3. The summed E-state index contributed by atoms with van der Waals surface area (Å²) in [5.74, 6) is -0.623. The number of nitrogens with one attached hydrogen (secondary N) is 1. The van der Waals surface area contributed by atoms with Gasteiger partial charge in [0.1, 0.15) is 16.5 Å². The van der Waals surface area contributed by atoms with E-state index in [9.17, 15) is 17.9 Å². The first-order valence-corrected chi connectivity index (χ1v) is 11.0. The zero-order chi connectivity index (χ0) is 22.3. The van der Waals surface area contributed by atoms with E-state index in [0.29, 0.717) is 11.2 Å². The Kier molecular flexibility index (Phi) is 5.48. The lowest BCUT2D eigenvalue weighted by Crippen LogP contribution is -2.14. The molecule has 0 aliphatic heterocycles. The molecule has 0 aliphatic rings. The summed E-state index contributed by atoms with van der Waals surface area (Å²) in [7, 11) is -4.11. The molecular formula is C19H14Cl2FN5O3S. The summed E-state index contributed by atoms with van der Waals surface area (Å²) >= 11 is 11.9. The first kappa shape index (κ1) is 21.3. The van der Waals surface area contributed by atoms with Crippen molar-refractivity contribution in [3.05, 3.63) is 70.2 Å². The van der Waals surface area contributed by atoms with Gasteiger partial charge >= 0.3 is 0 Å². The third-order valence-corrected chi connectivity index (χ3v) is 6.88. The Labute approximate surface area is 186 Å². The molecule has 0 spiro atoms. The third-order valence-electron chi connectivity index (χ3n) is 4.52. The first-order valence-electron chi connectivity index (χ1n) is 8.71. The molecule has 0 aliphatic carbocycles. The molecule has 0 amide bonds. The molecule has 0 bridgehead atoms. The summed E-state index contributed by atoms with van der Waals surface area (Å²) in [6.07, 6.45) is 2.77. The smallest absolute Gasteiger partial charge is 0.263 e. The third kappa shape index (κ3) is 3.79. The van der Waals surface area contributed by atoms with Crippen molar-refractivity contribution in [1.29, 1.82) is 0 Å². The van der Waals surface area contributed by atoms with Gasteiger partial charge in [-0.2, -0.15) is 9.61 Å². The van der Waals surface area contributed by atoms with Gasteiger partial charge in [0.05, 0.1) is 28.5 Å². The van der Waals surface area contributed by atoms with E-state index in [-0.39, 0.29) is 44.2 Å². The molecule has 4 rings (SSSR count). The van der Waals surface area contributed by atoms with Gasteiger partial charge in [0, 0.05) is 22.9 Å². The number of nitrogens with two attached hydrogens (primary N) is 1. The number of nitrogens with zero attached hydrogens (tertiary/aromatic N) is 3. The Hall–Kier alpha value is -2.92. The van der Waals surface area contributed by atoms with Gasteiger partial charge in [0.25, 0.3) is 10.0 Å². The molecule has 2 heterocycles. The highest BCUT2D eigenvalue weighted by molar-refractivity contribution is 7.92. The lowest BCUT2D eigenvalue weighted by molar-refractivity contribution is 0.283. The van der Waals surface area contributed by atoms with Crippen LogP contribution in [0, 0.1) is 5.82 Å². The van der Waals surface area contributed by atoms with Gasteiger partial charge in [0.2, 0.25) is 0 Å². The Balaban J connectivity index is 1.70. The predicted molar refractivity (Wildman–Crippen MR) is 116 cm³/mol. The molecule has 160 valence electrons. The van der Waals surface area contributed by atoms with Crippen LogP contribution in [0.1, 0.15) is 5.56 Å². The van der Waals surface area contributed by atoms with Crippen LogP contribution < -0.4 is 10.5 Å². The fourth-order valence-electron chi connectivity index (χ4n) is 3.01. The summed E-state index contributed by atoms with van der Waals surface area (Å²) in [5.41, 5.74) is 7.26. The fraction of sp³-hybridized carbons (Fsp3) is 0.0526. The minimum atomic E-state index is -4.11. The van der Waals surface area contributed by atoms with E-state index in [0.717, 1.165) is 6.07 Å². The van der Waals surface area contributed by atoms with Crippen LogP contribution in [0.25, 0.3) is 16.8 Å². The summed E-state index contributed by atoms with van der Waals surface area (Å²) in [4.78, 5) is 3.95. The van der Waals surface area contributed by atoms with Gasteiger partial charge in [-0.3, -0.25) is 4.72 Å². The van der Waals surface area contributed by atoms with Crippen molar-refractivity contribution < 1.29 is 17.9 Å². The van der Waals surface area contributed by atoms with Crippen LogP contribution in [-0.4, -0.2) is 28.1 Å². The van der Waals surface area contributed by atoms with Crippen LogP contribution in [0.5, 0.6) is 0 Å². The number of halogens is 3. The van der Waals surface area contributed by atoms with Gasteiger partial charge in [-0.1, -0.05) is 29.3 Å². The van der Waals surface area contributed by atoms with Gasteiger partial charge in [-0.15, -0.1) is 0 Å². The van der Waals surface area contributed by atoms with Gasteiger partial charge in [0.15, 0.2) is 5.65 Å². The maximum absolute atomic E-state index is 14.9. The van der Waals surface area contributed by atoms with Crippen LogP contribution in [0.2, 0.25) is 10.0 Å². The maximum atomic E-state index is 14.9. The van der Waals surface area contributed by atoms with Crippen LogP contribution in [0.15, 0.2) is 53.7 Å². The summed E-state index contributed by atoms with van der Waals surface area (Å²) < 4.78 is 43.7. The minimum absolute atomic E-state index is 0.0217. The number of aliphatic hydroxyl groups excluding tert-OH is 1. The highest BCUT2D eigenvalue weighted by atomic mass is 35.5. The van der Waals surface area contributed by atoms with Crippen LogP contribution in [-0.2, 0) is 16.6 Å². The highest BCUT2D eigenvalue weighted by Crippen LogP contribution is 2.33. The molecule has 31 heavy (non-hydrogen) atoms. The average molecular weight is 482 g/mol. The van der Waals surface area contributed by atoms with E-state index in [4.69, 9.17) is 28.9 Å². The molecule has 0 radical (unpaired) electrons. The summed E-state index contributed by atoms with van der Waals surface area (Å²) in [5, 5.41) is 13.3. The number of fused-ring (bicyclic) bond motifs is 1. The minimum Gasteiger partial charge on any atom is -0.391 e. The molecular weight excluding hydrogens is 468 g/mol. The van der Waals surface area contributed by atoms with Gasteiger partial charge in [-0.25, -0.2) is 17.8 Å². The van der Waals surface area contributed by atoms with Crippen molar-refractivity contribution in [2.24, 2.45) is 0 Å². The van der Waals surface area contributed by atoms with Gasteiger partial charge < -0.3 is 10.8 Å². The lowest BCUT2D eigenvalue weighted by atomic mass is 10.1. The van der Waals surface area contributed by atoms with Crippen molar-refractivity contribution in [1.82, 2.24) is 14.6 Å². The van der Waals surface area contributed by atoms with Crippen molar-refractivity contribution in [2.45, 2.75) is 11.5 Å². The van der Waals surface area contributed by atoms with E-state index >= 15 is 0 Å². The van der Waals surface area contributed by atoms with Crippen molar-refractivity contribution in [3.63, 3.8) is 0 Å². The molecule has 0 saturated heterocycles. The summed E-state index contributed by atoms with van der Waals surface area (Å²) in [6.45, 7) is -0.269. The Bertz CT molecular complexity index is 1430. The Morgan fingerprint density at radius 3 is 2.65 bits per heavy atom. The average Bonchev–Trinajstić information content (AvgIpc) is 3.15. The second kappa shape index (κ2) is 7.97. The van der Waals surface area contributed by atoms with Gasteiger partial charge in [-0.05, 0) is 30.3 Å². The molecule has 12 heteroatoms. The monoisotopic (exact) mass is 481 g/mol. The second-order valence-electron chi connectivity index (χ2n) is 6.47. The van der Waals surface area contributed by atoms with Crippen molar-refractivity contribution >= 4 is 50.4 Å². The van der Waals surface area contributed by atoms with Crippen molar-refractivity contribution in [2.75, 3.05) is 10.5 Å². The lowest BCUT2D eigenvalue weighted by Gasteiger charge is -2.12. The molecule has 4 aromatic rings. The number of rotatable bonds is 5. The molecule has 0 fully saturated rings. The molecule has 8 nitrogen and oxygen atoms in total. The van der Waals surface area contributed by atoms with E-state index in [2.05, 4.69) is 14.8 Å². The van der Waals surface area contributed by atoms with Crippen molar-refractivity contribution in [3.8, 4) is 11.1 Å².